The normalized spacial score (nSPS) is 14.9. The van der Waals surface area contributed by atoms with Crippen molar-refractivity contribution in [3.63, 3.8) is 0 Å². The maximum Gasteiger partial charge on any atom is 0.0590 e. The Kier molecular flexibility index (Phi) is 8.38. The van der Waals surface area contributed by atoms with E-state index in [1.807, 2.05) is 11.3 Å². The zero-order valence-electron chi connectivity index (χ0n) is 13.5. The summed E-state index contributed by atoms with van der Waals surface area (Å²) in [6.07, 6.45) is 1.21. The molecule has 1 rings (SSSR count). The molecular formula is C16H31N3S. The molecule has 4 heteroatoms. The molecule has 1 aromatic heterocycles. The monoisotopic (exact) mass is 297 g/mol. The van der Waals surface area contributed by atoms with E-state index in [0.29, 0.717) is 6.04 Å². The lowest BCUT2D eigenvalue weighted by Gasteiger charge is -2.33. The molecule has 0 saturated carbocycles. The Labute approximate surface area is 128 Å². The first-order valence-corrected chi connectivity index (χ1v) is 8.77. The summed E-state index contributed by atoms with van der Waals surface area (Å²) in [6.45, 7) is 14.5. The third-order valence-corrected chi connectivity index (χ3v) is 4.89. The Morgan fingerprint density at radius 2 is 1.85 bits per heavy atom. The maximum absolute atomic E-state index is 6.24. The Balaban J connectivity index is 2.58. The number of hydrogen-bond donors (Lipinski definition) is 1. The van der Waals surface area contributed by atoms with Gasteiger partial charge in [0.25, 0.3) is 0 Å². The highest BCUT2D eigenvalue weighted by atomic mass is 32.1. The Morgan fingerprint density at radius 3 is 2.30 bits per heavy atom. The van der Waals surface area contributed by atoms with E-state index in [0.717, 1.165) is 26.2 Å². The predicted octanol–water partition coefficient (Wildman–Crippen LogP) is 3.19. The van der Waals surface area contributed by atoms with Gasteiger partial charge in [0, 0.05) is 17.5 Å². The molecule has 116 valence electrons. The van der Waals surface area contributed by atoms with E-state index in [2.05, 4.69) is 55.0 Å². The fourth-order valence-corrected chi connectivity index (χ4v) is 3.74. The van der Waals surface area contributed by atoms with Crippen molar-refractivity contribution in [2.24, 2.45) is 5.73 Å². The second-order valence-electron chi connectivity index (χ2n) is 5.33. The van der Waals surface area contributed by atoms with E-state index in [1.54, 1.807) is 0 Å². The van der Waals surface area contributed by atoms with Crippen LogP contribution in [0.25, 0.3) is 0 Å². The summed E-state index contributed by atoms with van der Waals surface area (Å²) in [5.74, 6) is 0. The average Bonchev–Trinajstić information content (AvgIpc) is 2.95. The van der Waals surface area contributed by atoms with Gasteiger partial charge in [-0.25, -0.2) is 0 Å². The van der Waals surface area contributed by atoms with Crippen LogP contribution in [-0.2, 0) is 0 Å². The zero-order valence-corrected chi connectivity index (χ0v) is 14.3. The van der Waals surface area contributed by atoms with Crippen molar-refractivity contribution in [1.29, 1.82) is 0 Å². The molecule has 2 unspecified atom stereocenters. The van der Waals surface area contributed by atoms with Crippen LogP contribution >= 0.6 is 11.3 Å². The minimum absolute atomic E-state index is 0.169. The van der Waals surface area contributed by atoms with Gasteiger partial charge in [-0.3, -0.25) is 4.90 Å². The fourth-order valence-electron chi connectivity index (χ4n) is 2.76. The van der Waals surface area contributed by atoms with Gasteiger partial charge in [0.05, 0.1) is 6.04 Å². The highest BCUT2D eigenvalue weighted by Gasteiger charge is 2.23. The molecule has 2 atom stereocenters. The van der Waals surface area contributed by atoms with E-state index < -0.39 is 0 Å². The summed E-state index contributed by atoms with van der Waals surface area (Å²) in [4.78, 5) is 6.41. The topological polar surface area (TPSA) is 32.5 Å². The van der Waals surface area contributed by atoms with E-state index in [4.69, 9.17) is 5.73 Å². The summed E-state index contributed by atoms with van der Waals surface area (Å²) in [5.41, 5.74) is 6.24. The number of thiophene rings is 1. The molecule has 0 aliphatic heterocycles. The lowest BCUT2D eigenvalue weighted by atomic mass is 10.1. The molecule has 0 bridgehead atoms. The molecule has 1 aromatic rings. The van der Waals surface area contributed by atoms with E-state index in [9.17, 15) is 0 Å². The number of nitrogens with two attached hydrogens (primary N) is 1. The van der Waals surface area contributed by atoms with Crippen molar-refractivity contribution < 1.29 is 0 Å². The highest BCUT2D eigenvalue weighted by Crippen LogP contribution is 2.27. The van der Waals surface area contributed by atoms with Crippen molar-refractivity contribution in [3.8, 4) is 0 Å². The van der Waals surface area contributed by atoms with Crippen molar-refractivity contribution >= 4 is 11.3 Å². The quantitative estimate of drug-likeness (QED) is 0.720. The molecule has 0 amide bonds. The van der Waals surface area contributed by atoms with Crippen molar-refractivity contribution in [2.75, 3.05) is 32.7 Å². The van der Waals surface area contributed by atoms with Crippen LogP contribution in [-0.4, -0.2) is 48.6 Å². The molecule has 0 spiro atoms. The lowest BCUT2D eigenvalue weighted by Crippen LogP contribution is -2.40. The number of rotatable bonds is 10. The summed E-state index contributed by atoms with van der Waals surface area (Å²) in [7, 11) is 0. The smallest absolute Gasteiger partial charge is 0.0590 e. The van der Waals surface area contributed by atoms with Crippen LogP contribution in [0, 0.1) is 0 Å². The van der Waals surface area contributed by atoms with Gasteiger partial charge in [-0.2, -0.15) is 0 Å². The third-order valence-electron chi connectivity index (χ3n) is 3.95. The van der Waals surface area contributed by atoms with Gasteiger partial charge in [-0.15, -0.1) is 11.3 Å². The van der Waals surface area contributed by atoms with Crippen LogP contribution in [0.2, 0.25) is 0 Å². The molecule has 0 aliphatic rings. The van der Waals surface area contributed by atoms with Gasteiger partial charge in [-0.05, 0) is 51.0 Å². The largest absolute Gasteiger partial charge is 0.326 e. The van der Waals surface area contributed by atoms with Crippen molar-refractivity contribution in [1.82, 2.24) is 9.80 Å². The van der Waals surface area contributed by atoms with Gasteiger partial charge in [0.2, 0.25) is 0 Å². The first-order valence-electron chi connectivity index (χ1n) is 7.89. The van der Waals surface area contributed by atoms with Gasteiger partial charge in [0.1, 0.15) is 0 Å². The standard InChI is InChI=1S/C16H31N3S/c1-5-18(6-2)11-9-12-19(7-3)16(14(4)17)15-10-8-13-20-15/h8,10,13-14,16H,5-7,9,11-12,17H2,1-4H3. The minimum atomic E-state index is 0.169. The van der Waals surface area contributed by atoms with Gasteiger partial charge >= 0.3 is 0 Å². The Hall–Kier alpha value is -0.420. The van der Waals surface area contributed by atoms with Crippen LogP contribution < -0.4 is 5.73 Å². The molecule has 0 saturated heterocycles. The molecule has 20 heavy (non-hydrogen) atoms. The number of nitrogens with zero attached hydrogens (tertiary/aromatic N) is 2. The Morgan fingerprint density at radius 1 is 1.15 bits per heavy atom. The summed E-state index contributed by atoms with van der Waals surface area (Å²) in [6, 6.07) is 4.86. The SMILES string of the molecule is CCN(CC)CCCN(CC)C(c1cccs1)C(C)N. The zero-order chi connectivity index (χ0) is 15.0. The minimum Gasteiger partial charge on any atom is -0.326 e. The number of hydrogen-bond acceptors (Lipinski definition) is 4. The van der Waals surface area contributed by atoms with Crippen molar-refractivity contribution in [2.45, 2.75) is 46.2 Å². The van der Waals surface area contributed by atoms with E-state index in [-0.39, 0.29) is 6.04 Å². The van der Waals surface area contributed by atoms with Gasteiger partial charge < -0.3 is 10.6 Å². The van der Waals surface area contributed by atoms with Crippen molar-refractivity contribution in [3.05, 3.63) is 22.4 Å². The highest BCUT2D eigenvalue weighted by molar-refractivity contribution is 7.10. The average molecular weight is 298 g/mol. The Bertz CT molecular complexity index is 334. The molecule has 0 radical (unpaired) electrons. The second kappa shape index (κ2) is 9.50. The summed E-state index contributed by atoms with van der Waals surface area (Å²) >= 11 is 1.82. The number of likely N-dealkylation sites (N-methyl/N-ethyl adjacent to an activating group) is 1. The van der Waals surface area contributed by atoms with Gasteiger partial charge in [0.15, 0.2) is 0 Å². The molecular weight excluding hydrogens is 266 g/mol. The van der Waals surface area contributed by atoms with Crippen LogP contribution in [0.1, 0.15) is 45.0 Å². The van der Waals surface area contributed by atoms with Crippen LogP contribution in [0.4, 0.5) is 0 Å². The van der Waals surface area contributed by atoms with Crippen LogP contribution in [0.5, 0.6) is 0 Å². The van der Waals surface area contributed by atoms with Gasteiger partial charge in [-0.1, -0.05) is 26.8 Å². The first kappa shape index (κ1) is 17.6. The van der Waals surface area contributed by atoms with Crippen LogP contribution in [0.15, 0.2) is 17.5 Å². The summed E-state index contributed by atoms with van der Waals surface area (Å²) in [5, 5.41) is 2.15. The lowest BCUT2D eigenvalue weighted by molar-refractivity contribution is 0.174. The molecule has 0 aromatic carbocycles. The molecule has 1 heterocycles. The second-order valence-corrected chi connectivity index (χ2v) is 6.31. The predicted molar refractivity (Wildman–Crippen MR) is 90.4 cm³/mol. The molecule has 0 aliphatic carbocycles. The first-order chi connectivity index (χ1) is 9.63. The molecule has 0 fully saturated rings. The third kappa shape index (κ3) is 5.17. The molecule has 2 N–H and O–H groups in total. The van der Waals surface area contributed by atoms with E-state index >= 15 is 0 Å². The van der Waals surface area contributed by atoms with Crippen LogP contribution in [0.3, 0.4) is 0 Å². The summed E-state index contributed by atoms with van der Waals surface area (Å²) < 4.78 is 0. The van der Waals surface area contributed by atoms with E-state index in [1.165, 1.54) is 17.8 Å². The maximum atomic E-state index is 6.24. The fraction of sp³-hybridized carbons (Fsp3) is 0.750. The molecule has 3 nitrogen and oxygen atoms in total.